The van der Waals surface area contributed by atoms with Crippen LogP contribution in [0.2, 0.25) is 0 Å². The molecule has 0 aliphatic carbocycles. The average molecular weight is 282 g/mol. The smallest absolute Gasteiger partial charge is 0.273 e. The van der Waals surface area contributed by atoms with Gasteiger partial charge in [0.05, 0.1) is 6.54 Å². The van der Waals surface area contributed by atoms with Crippen LogP contribution in [-0.4, -0.2) is 22.7 Å². The minimum atomic E-state index is -1.68. The molecule has 0 radical (unpaired) electrons. The fraction of sp³-hybridized carbons (Fsp3) is 0.231. The molecule has 0 saturated heterocycles. The standard InChI is InChI=1S/C13H12F2N2O3/c1-13(19,9-3-2-8(14)6-10(9)15)7-16-12(18)11-4-5-20-17-11/h2-6,19H,7H2,1H3,(H,16,18). The van der Waals surface area contributed by atoms with Gasteiger partial charge in [-0.2, -0.15) is 0 Å². The van der Waals surface area contributed by atoms with E-state index < -0.39 is 23.1 Å². The normalized spacial score (nSPS) is 13.8. The summed E-state index contributed by atoms with van der Waals surface area (Å²) in [7, 11) is 0. The third-order valence-electron chi connectivity index (χ3n) is 2.77. The van der Waals surface area contributed by atoms with Crippen molar-refractivity contribution in [3.05, 3.63) is 53.4 Å². The van der Waals surface area contributed by atoms with Gasteiger partial charge < -0.3 is 14.9 Å². The largest absolute Gasteiger partial charge is 0.383 e. The number of aromatic nitrogens is 1. The van der Waals surface area contributed by atoms with Crippen LogP contribution in [0.3, 0.4) is 0 Å². The Morgan fingerprint density at radius 1 is 1.45 bits per heavy atom. The summed E-state index contributed by atoms with van der Waals surface area (Å²) in [6.45, 7) is 1.05. The van der Waals surface area contributed by atoms with Gasteiger partial charge in [-0.25, -0.2) is 8.78 Å². The number of amides is 1. The van der Waals surface area contributed by atoms with Crippen molar-refractivity contribution in [2.45, 2.75) is 12.5 Å². The van der Waals surface area contributed by atoms with E-state index in [1.807, 2.05) is 0 Å². The first-order valence-corrected chi connectivity index (χ1v) is 5.76. The number of carbonyl (C=O) groups is 1. The third kappa shape index (κ3) is 3.00. The van der Waals surface area contributed by atoms with Crippen molar-refractivity contribution in [3.8, 4) is 0 Å². The molecule has 1 aromatic carbocycles. The maximum absolute atomic E-state index is 13.6. The lowest BCUT2D eigenvalue weighted by atomic mass is 9.95. The SMILES string of the molecule is CC(O)(CNC(=O)c1ccon1)c1ccc(F)cc1F. The van der Waals surface area contributed by atoms with Gasteiger partial charge in [-0.3, -0.25) is 4.79 Å². The Morgan fingerprint density at radius 2 is 2.20 bits per heavy atom. The molecule has 0 aliphatic rings. The Hall–Kier alpha value is -2.28. The average Bonchev–Trinajstić information content (AvgIpc) is 2.89. The summed E-state index contributed by atoms with van der Waals surface area (Å²) in [6, 6.07) is 4.19. The van der Waals surface area contributed by atoms with Crippen LogP contribution in [0, 0.1) is 11.6 Å². The molecule has 5 nitrogen and oxygen atoms in total. The van der Waals surface area contributed by atoms with Crippen LogP contribution in [0.4, 0.5) is 8.78 Å². The fourth-order valence-corrected chi connectivity index (χ4v) is 1.69. The Balaban J connectivity index is 2.09. The number of rotatable bonds is 4. The Kier molecular flexibility index (Phi) is 3.80. The van der Waals surface area contributed by atoms with E-state index in [0.29, 0.717) is 6.07 Å². The van der Waals surface area contributed by atoms with Crippen LogP contribution >= 0.6 is 0 Å². The van der Waals surface area contributed by atoms with Crippen LogP contribution < -0.4 is 5.32 Å². The quantitative estimate of drug-likeness (QED) is 0.893. The molecule has 106 valence electrons. The van der Waals surface area contributed by atoms with Gasteiger partial charge in [-0.15, -0.1) is 0 Å². The molecule has 1 amide bonds. The van der Waals surface area contributed by atoms with E-state index >= 15 is 0 Å². The van der Waals surface area contributed by atoms with Crippen LogP contribution in [0.5, 0.6) is 0 Å². The van der Waals surface area contributed by atoms with Gasteiger partial charge in [-0.05, 0) is 13.0 Å². The predicted octanol–water partition coefficient (Wildman–Crippen LogP) is 1.59. The van der Waals surface area contributed by atoms with E-state index in [1.165, 1.54) is 19.3 Å². The summed E-state index contributed by atoms with van der Waals surface area (Å²) in [5.74, 6) is -2.19. The molecular weight excluding hydrogens is 270 g/mol. The topological polar surface area (TPSA) is 75.4 Å². The molecule has 1 unspecified atom stereocenters. The zero-order valence-corrected chi connectivity index (χ0v) is 10.6. The predicted molar refractivity (Wildman–Crippen MR) is 64.8 cm³/mol. The van der Waals surface area contributed by atoms with Gasteiger partial charge in [-0.1, -0.05) is 11.2 Å². The summed E-state index contributed by atoms with van der Waals surface area (Å²) >= 11 is 0. The molecule has 20 heavy (non-hydrogen) atoms. The number of hydrogen-bond acceptors (Lipinski definition) is 4. The molecule has 0 saturated carbocycles. The summed E-state index contributed by atoms with van der Waals surface area (Å²) in [5, 5.41) is 16.0. The second kappa shape index (κ2) is 5.38. The van der Waals surface area contributed by atoms with Gasteiger partial charge in [0.1, 0.15) is 23.5 Å². The maximum atomic E-state index is 13.6. The van der Waals surface area contributed by atoms with E-state index in [1.54, 1.807) is 0 Å². The van der Waals surface area contributed by atoms with Gasteiger partial charge in [0.25, 0.3) is 5.91 Å². The highest BCUT2D eigenvalue weighted by molar-refractivity contribution is 5.91. The molecule has 0 aliphatic heterocycles. The van der Waals surface area contributed by atoms with Crippen molar-refractivity contribution >= 4 is 5.91 Å². The number of benzene rings is 1. The molecule has 1 atom stereocenters. The third-order valence-corrected chi connectivity index (χ3v) is 2.77. The lowest BCUT2D eigenvalue weighted by Crippen LogP contribution is -2.39. The molecular formula is C13H12F2N2O3. The molecule has 0 spiro atoms. The van der Waals surface area contributed by atoms with E-state index in [2.05, 4.69) is 15.0 Å². The van der Waals surface area contributed by atoms with Crippen molar-refractivity contribution in [2.75, 3.05) is 6.54 Å². The van der Waals surface area contributed by atoms with Crippen molar-refractivity contribution in [1.82, 2.24) is 10.5 Å². The summed E-state index contributed by atoms with van der Waals surface area (Å²) in [5.41, 5.74) is -1.75. The molecule has 2 rings (SSSR count). The van der Waals surface area contributed by atoms with Gasteiger partial charge >= 0.3 is 0 Å². The monoisotopic (exact) mass is 282 g/mol. The number of halogens is 2. The second-order valence-corrected chi connectivity index (χ2v) is 4.47. The van der Waals surface area contributed by atoms with Crippen LogP contribution in [0.25, 0.3) is 0 Å². The molecule has 0 fully saturated rings. The highest BCUT2D eigenvalue weighted by atomic mass is 19.1. The zero-order chi connectivity index (χ0) is 14.8. The Morgan fingerprint density at radius 3 is 2.80 bits per heavy atom. The first-order valence-electron chi connectivity index (χ1n) is 5.76. The van der Waals surface area contributed by atoms with Crippen molar-refractivity contribution in [3.63, 3.8) is 0 Å². The first-order chi connectivity index (χ1) is 9.40. The van der Waals surface area contributed by atoms with Gasteiger partial charge in [0, 0.05) is 17.7 Å². The molecule has 2 N–H and O–H groups in total. The Labute approximate surface area is 113 Å². The van der Waals surface area contributed by atoms with E-state index in [-0.39, 0.29) is 17.8 Å². The summed E-state index contributed by atoms with van der Waals surface area (Å²) in [4.78, 5) is 11.6. The zero-order valence-electron chi connectivity index (χ0n) is 10.6. The van der Waals surface area contributed by atoms with E-state index in [0.717, 1.165) is 12.1 Å². The fourth-order valence-electron chi connectivity index (χ4n) is 1.69. The summed E-state index contributed by atoms with van der Waals surface area (Å²) in [6.07, 6.45) is 1.23. The number of nitrogens with zero attached hydrogens (tertiary/aromatic N) is 1. The second-order valence-electron chi connectivity index (χ2n) is 4.47. The Bertz CT molecular complexity index is 612. The van der Waals surface area contributed by atoms with E-state index in [4.69, 9.17) is 0 Å². The van der Waals surface area contributed by atoms with Gasteiger partial charge in [0.2, 0.25) is 0 Å². The minimum Gasteiger partial charge on any atom is -0.383 e. The van der Waals surface area contributed by atoms with Crippen molar-refractivity contribution in [2.24, 2.45) is 0 Å². The lowest BCUT2D eigenvalue weighted by Gasteiger charge is -2.24. The molecule has 0 bridgehead atoms. The highest BCUT2D eigenvalue weighted by Crippen LogP contribution is 2.23. The maximum Gasteiger partial charge on any atom is 0.273 e. The van der Waals surface area contributed by atoms with Crippen LogP contribution in [0.15, 0.2) is 35.1 Å². The molecule has 7 heteroatoms. The number of nitrogens with one attached hydrogen (secondary N) is 1. The molecule has 2 aromatic rings. The molecule has 1 heterocycles. The lowest BCUT2D eigenvalue weighted by molar-refractivity contribution is 0.0492. The van der Waals surface area contributed by atoms with Crippen molar-refractivity contribution in [1.29, 1.82) is 0 Å². The summed E-state index contributed by atoms with van der Waals surface area (Å²) < 4.78 is 30.9. The molecule has 1 aromatic heterocycles. The van der Waals surface area contributed by atoms with Crippen LogP contribution in [0.1, 0.15) is 23.0 Å². The van der Waals surface area contributed by atoms with E-state index in [9.17, 15) is 18.7 Å². The number of hydrogen-bond donors (Lipinski definition) is 2. The van der Waals surface area contributed by atoms with Crippen LogP contribution in [-0.2, 0) is 5.60 Å². The number of carbonyl (C=O) groups excluding carboxylic acids is 1. The van der Waals surface area contributed by atoms with Crippen molar-refractivity contribution < 1.29 is 23.2 Å². The minimum absolute atomic E-state index is 0.0420. The first kappa shape index (κ1) is 14.1. The number of aliphatic hydroxyl groups is 1. The van der Waals surface area contributed by atoms with Gasteiger partial charge in [0.15, 0.2) is 5.69 Å². The highest BCUT2D eigenvalue weighted by Gasteiger charge is 2.28.